The molecule has 112 valence electrons. The third kappa shape index (κ3) is 4.92. The van der Waals surface area contributed by atoms with Gasteiger partial charge in [0, 0.05) is 6.04 Å². The maximum absolute atomic E-state index is 11.9. The molecule has 2 N–H and O–H groups in total. The van der Waals surface area contributed by atoms with Gasteiger partial charge in [0.25, 0.3) is 0 Å². The summed E-state index contributed by atoms with van der Waals surface area (Å²) in [5, 5.41) is 9.00. The van der Waals surface area contributed by atoms with Gasteiger partial charge in [-0.2, -0.15) is 0 Å². The fourth-order valence-electron chi connectivity index (χ4n) is 1.62. The van der Waals surface area contributed by atoms with Crippen LogP contribution in [0.2, 0.25) is 0 Å². The molecule has 0 aliphatic rings. The van der Waals surface area contributed by atoms with Crippen molar-refractivity contribution in [2.45, 2.75) is 25.1 Å². The van der Waals surface area contributed by atoms with Gasteiger partial charge in [0.2, 0.25) is 10.0 Å². The third-order valence-corrected chi connectivity index (χ3v) is 4.20. The summed E-state index contributed by atoms with van der Waals surface area (Å²) in [6.07, 6.45) is 0.511. The summed E-state index contributed by atoms with van der Waals surface area (Å²) in [4.78, 5) is 11.3. The highest BCUT2D eigenvalue weighted by Gasteiger charge is 2.17. The van der Waals surface area contributed by atoms with Crippen molar-refractivity contribution >= 4 is 16.0 Å². The average Bonchev–Trinajstić information content (AvgIpc) is 2.44. The van der Waals surface area contributed by atoms with Gasteiger partial charge >= 0.3 is 5.97 Å². The summed E-state index contributed by atoms with van der Waals surface area (Å²) in [5.74, 6) is -0.672. The Morgan fingerprint density at radius 3 is 2.40 bits per heavy atom. The number of aliphatic hydroxyl groups excluding tert-OH is 1. The minimum Gasteiger partial charge on any atom is -0.465 e. The summed E-state index contributed by atoms with van der Waals surface area (Å²) < 4.78 is 30.8. The summed E-state index contributed by atoms with van der Waals surface area (Å²) in [7, 11) is -2.24. The van der Waals surface area contributed by atoms with Crippen LogP contribution >= 0.6 is 0 Å². The molecule has 1 rings (SSSR count). The highest BCUT2D eigenvalue weighted by Crippen LogP contribution is 2.09. The Morgan fingerprint density at radius 1 is 1.35 bits per heavy atom. The standard InChI is InChI=1S/C13H19NO5S/c1-3-12(8-15)14-20(17,18)9-10-4-6-11(7-5-10)13(16)19-2/h4-7,12,14-15H,3,8-9H2,1-2H3/t12-/m1/s1. The number of benzene rings is 1. The van der Waals surface area contributed by atoms with Gasteiger partial charge in [-0.05, 0) is 24.1 Å². The number of rotatable bonds is 7. The van der Waals surface area contributed by atoms with Gasteiger partial charge in [-0.3, -0.25) is 0 Å². The molecule has 0 spiro atoms. The summed E-state index contributed by atoms with van der Waals surface area (Å²) in [6, 6.07) is 5.67. The molecule has 20 heavy (non-hydrogen) atoms. The van der Waals surface area contributed by atoms with Gasteiger partial charge < -0.3 is 9.84 Å². The van der Waals surface area contributed by atoms with E-state index in [1.807, 2.05) is 0 Å². The largest absolute Gasteiger partial charge is 0.465 e. The molecule has 1 atom stereocenters. The zero-order chi connectivity index (χ0) is 15.2. The molecule has 0 aliphatic heterocycles. The van der Waals surface area contributed by atoms with E-state index in [0.717, 1.165) is 0 Å². The van der Waals surface area contributed by atoms with E-state index in [1.54, 1.807) is 19.1 Å². The first-order chi connectivity index (χ1) is 9.41. The number of hydrogen-bond donors (Lipinski definition) is 2. The van der Waals surface area contributed by atoms with E-state index in [-0.39, 0.29) is 12.4 Å². The van der Waals surface area contributed by atoms with Crippen molar-refractivity contribution in [1.29, 1.82) is 0 Å². The van der Waals surface area contributed by atoms with Gasteiger partial charge in [-0.1, -0.05) is 19.1 Å². The molecule has 1 aromatic rings. The maximum Gasteiger partial charge on any atom is 0.337 e. The molecule has 0 radical (unpaired) electrons. The number of esters is 1. The number of carbonyl (C=O) groups excluding carboxylic acids is 1. The lowest BCUT2D eigenvalue weighted by molar-refractivity contribution is 0.0600. The van der Waals surface area contributed by atoms with E-state index in [0.29, 0.717) is 17.5 Å². The number of nitrogens with one attached hydrogen (secondary N) is 1. The summed E-state index contributed by atoms with van der Waals surface area (Å²) >= 11 is 0. The molecular weight excluding hydrogens is 282 g/mol. The highest BCUT2D eigenvalue weighted by atomic mass is 32.2. The predicted molar refractivity (Wildman–Crippen MR) is 74.7 cm³/mol. The van der Waals surface area contributed by atoms with Crippen LogP contribution in [0.25, 0.3) is 0 Å². The molecular formula is C13H19NO5S. The van der Waals surface area contributed by atoms with Crippen molar-refractivity contribution in [2.75, 3.05) is 13.7 Å². The molecule has 1 aromatic carbocycles. The quantitative estimate of drug-likeness (QED) is 0.722. The van der Waals surface area contributed by atoms with E-state index in [4.69, 9.17) is 5.11 Å². The lowest BCUT2D eigenvalue weighted by atomic mass is 10.1. The molecule has 0 saturated heterocycles. The Kier molecular flexibility index (Phi) is 6.12. The highest BCUT2D eigenvalue weighted by molar-refractivity contribution is 7.88. The second-order valence-corrected chi connectivity index (χ2v) is 6.11. The van der Waals surface area contributed by atoms with Crippen LogP contribution in [-0.4, -0.2) is 39.3 Å². The molecule has 6 nitrogen and oxygen atoms in total. The van der Waals surface area contributed by atoms with E-state index in [2.05, 4.69) is 9.46 Å². The van der Waals surface area contributed by atoms with Crippen LogP contribution in [0.15, 0.2) is 24.3 Å². The first-order valence-electron chi connectivity index (χ1n) is 6.20. The Balaban J connectivity index is 2.75. The summed E-state index contributed by atoms with van der Waals surface area (Å²) in [5.41, 5.74) is 0.918. The van der Waals surface area contributed by atoms with Crippen LogP contribution in [0.1, 0.15) is 29.3 Å². The number of ether oxygens (including phenoxy) is 1. The average molecular weight is 301 g/mol. The Morgan fingerprint density at radius 2 is 1.95 bits per heavy atom. The molecule has 0 heterocycles. The van der Waals surface area contributed by atoms with E-state index in [1.165, 1.54) is 19.2 Å². The SMILES string of the molecule is CC[C@H](CO)NS(=O)(=O)Cc1ccc(C(=O)OC)cc1. The minimum absolute atomic E-state index is 0.203. The van der Waals surface area contributed by atoms with Gasteiger partial charge in [-0.15, -0.1) is 0 Å². The first kappa shape index (κ1) is 16.6. The normalized spacial score (nSPS) is 12.9. The number of hydrogen-bond acceptors (Lipinski definition) is 5. The van der Waals surface area contributed by atoms with Crippen LogP contribution in [0.5, 0.6) is 0 Å². The zero-order valence-corrected chi connectivity index (χ0v) is 12.3. The van der Waals surface area contributed by atoms with Crippen molar-refractivity contribution in [1.82, 2.24) is 4.72 Å². The molecule has 7 heteroatoms. The van der Waals surface area contributed by atoms with Crippen LogP contribution in [0.3, 0.4) is 0 Å². The van der Waals surface area contributed by atoms with Gasteiger partial charge in [0.15, 0.2) is 0 Å². The van der Waals surface area contributed by atoms with E-state index < -0.39 is 22.0 Å². The van der Waals surface area contributed by atoms with Crippen molar-refractivity contribution < 1.29 is 23.1 Å². The summed E-state index contributed by atoms with van der Waals surface area (Å²) in [6.45, 7) is 1.55. The number of carbonyl (C=O) groups is 1. The third-order valence-electron chi connectivity index (χ3n) is 2.79. The van der Waals surface area contributed by atoms with Crippen molar-refractivity contribution in [3.63, 3.8) is 0 Å². The predicted octanol–water partition coefficient (Wildman–Crippen LogP) is 0.663. The first-order valence-corrected chi connectivity index (χ1v) is 7.85. The van der Waals surface area contributed by atoms with Crippen molar-refractivity contribution in [3.05, 3.63) is 35.4 Å². The number of aliphatic hydroxyl groups is 1. The molecule has 0 amide bonds. The monoisotopic (exact) mass is 301 g/mol. The Bertz CT molecular complexity index is 534. The maximum atomic E-state index is 11.9. The number of sulfonamides is 1. The zero-order valence-electron chi connectivity index (χ0n) is 11.5. The molecule has 0 fully saturated rings. The van der Waals surface area contributed by atoms with Crippen LogP contribution in [-0.2, 0) is 20.5 Å². The fourth-order valence-corrected chi connectivity index (χ4v) is 3.08. The van der Waals surface area contributed by atoms with Gasteiger partial charge in [0.05, 0.1) is 25.0 Å². The molecule has 0 aromatic heterocycles. The molecule has 0 unspecified atom stereocenters. The van der Waals surface area contributed by atoms with Crippen LogP contribution in [0, 0.1) is 0 Å². The van der Waals surface area contributed by atoms with Gasteiger partial charge in [-0.25, -0.2) is 17.9 Å². The van der Waals surface area contributed by atoms with E-state index >= 15 is 0 Å². The van der Waals surface area contributed by atoms with Gasteiger partial charge in [0.1, 0.15) is 0 Å². The minimum atomic E-state index is -3.52. The van der Waals surface area contributed by atoms with Crippen molar-refractivity contribution in [2.24, 2.45) is 0 Å². The van der Waals surface area contributed by atoms with Crippen LogP contribution < -0.4 is 4.72 Å². The Labute approximate surface area is 118 Å². The topological polar surface area (TPSA) is 92.7 Å². The smallest absolute Gasteiger partial charge is 0.337 e. The van der Waals surface area contributed by atoms with Crippen LogP contribution in [0.4, 0.5) is 0 Å². The number of methoxy groups -OCH3 is 1. The lowest BCUT2D eigenvalue weighted by Crippen LogP contribution is -2.37. The molecule has 0 bridgehead atoms. The fraction of sp³-hybridized carbons (Fsp3) is 0.462. The van der Waals surface area contributed by atoms with Crippen molar-refractivity contribution in [3.8, 4) is 0 Å². The van der Waals surface area contributed by atoms with E-state index in [9.17, 15) is 13.2 Å². The molecule has 0 saturated carbocycles. The second kappa shape index (κ2) is 7.37. The lowest BCUT2D eigenvalue weighted by Gasteiger charge is -2.14. The Hall–Kier alpha value is -1.44. The molecule has 0 aliphatic carbocycles. The second-order valence-electron chi connectivity index (χ2n) is 4.35.